The molecule has 1 aromatic heterocycles. The van der Waals surface area contributed by atoms with Crippen molar-refractivity contribution in [3.63, 3.8) is 0 Å². The lowest BCUT2D eigenvalue weighted by atomic mass is 9.41. The van der Waals surface area contributed by atoms with Crippen LogP contribution in [0.25, 0.3) is 10.8 Å². The summed E-state index contributed by atoms with van der Waals surface area (Å²) in [5.74, 6) is 9.82. The van der Waals surface area contributed by atoms with Crippen molar-refractivity contribution in [3.8, 4) is 23.3 Å². The Kier molecular flexibility index (Phi) is 12.7. The van der Waals surface area contributed by atoms with Crippen LogP contribution in [0.4, 0.5) is 0 Å². The first-order valence-corrected chi connectivity index (χ1v) is 27.7. The number of carbonyl (C=O) groups is 2. The number of phenols is 1. The van der Waals surface area contributed by atoms with Crippen LogP contribution in [0.1, 0.15) is 148 Å². The molecule has 384 valence electrons. The molecule has 0 radical (unpaired) electrons. The number of nitrogens with two attached hydrogens (primary N) is 1. The molecule has 3 heterocycles. The number of aromatic nitrogens is 1. The molecular weight excluding hydrogens is 913 g/mol. The fourth-order valence-corrected chi connectivity index (χ4v) is 17.1. The van der Waals surface area contributed by atoms with Crippen LogP contribution in [0.2, 0.25) is 0 Å². The summed E-state index contributed by atoms with van der Waals surface area (Å²) in [6, 6.07) is 20.5. The number of nitrogens with one attached hydrogen (secondary N) is 3. The van der Waals surface area contributed by atoms with Crippen molar-refractivity contribution in [1.29, 1.82) is 0 Å². The number of dihydropyridines is 1. The third kappa shape index (κ3) is 8.16. The second kappa shape index (κ2) is 19.1. The minimum Gasteiger partial charge on any atom is -0.504 e. The average Bonchev–Trinajstić information content (AvgIpc) is 4.11. The van der Waals surface area contributed by atoms with Crippen LogP contribution in [0.15, 0.2) is 89.9 Å². The molecule has 3 aromatic carbocycles. The molecule has 14 atom stereocenters. The molecule has 9 N–H and O–H groups in total. The molecule has 0 amide bonds. The Bertz CT molecular complexity index is 2940. The summed E-state index contributed by atoms with van der Waals surface area (Å²) in [5.41, 5.74) is 12.7. The van der Waals surface area contributed by atoms with E-state index in [-0.39, 0.29) is 65.8 Å². The standard InChI is InChI=1S/C62H74N4O7/c1-3-34-32-66-57(63)31-45(34)44(37-11-10-35-8-4-5-9-36(35)22-37)30-52(69)51(68)23-39-14-19-62(55(71)13-12-38-24-54(73-2)53(70)29-43(38)39)20-15-40(25-56(62)72)48-28-47-58-49(61(48)17-6-7-18-61)33-65-50-27-41(67)26-46(59(50)58)42-16-21-64-60(42)47/h4-5,8-11,16,21-22,24,29,31,39-40,44,46-52,56,58-59,64-66,68-70,72H,3,6-7,12-13,15,17-18,20,23,25-28,30,32-33,63H2,1-2H3. The zero-order chi connectivity index (χ0) is 50.3. The number of aromatic amines is 1. The fraction of sp³-hybridized carbons (Fsp3) is 0.548. The highest BCUT2D eigenvalue weighted by molar-refractivity contribution is 5.89. The summed E-state index contributed by atoms with van der Waals surface area (Å²) in [4.78, 5) is 31.8. The van der Waals surface area contributed by atoms with Crippen molar-refractivity contribution in [1.82, 2.24) is 15.6 Å². The fourth-order valence-electron chi connectivity index (χ4n) is 17.1. The van der Waals surface area contributed by atoms with E-state index in [1.54, 1.807) is 12.1 Å². The smallest absolute Gasteiger partial charge is 0.160 e. The van der Waals surface area contributed by atoms with E-state index in [0.717, 1.165) is 53.3 Å². The quantitative estimate of drug-likeness (QED) is 0.0714. The first kappa shape index (κ1) is 48.6. The number of aliphatic hydroxyl groups excluding tert-OH is 3. The van der Waals surface area contributed by atoms with Crippen molar-refractivity contribution < 1.29 is 34.8 Å². The molecule has 73 heavy (non-hydrogen) atoms. The van der Waals surface area contributed by atoms with E-state index in [2.05, 4.69) is 77.0 Å². The molecule has 14 unspecified atom stereocenters. The van der Waals surface area contributed by atoms with E-state index < -0.39 is 29.6 Å². The second-order valence-corrected chi connectivity index (χ2v) is 23.7. The summed E-state index contributed by atoms with van der Waals surface area (Å²) >= 11 is 0. The van der Waals surface area contributed by atoms with Gasteiger partial charge in [-0.1, -0.05) is 74.1 Å². The van der Waals surface area contributed by atoms with Crippen LogP contribution >= 0.6 is 0 Å². The van der Waals surface area contributed by atoms with E-state index in [1.807, 2.05) is 18.2 Å². The number of hydrogen-bond acceptors (Lipinski definition) is 10. The highest BCUT2D eigenvalue weighted by atomic mass is 16.5. The molecule has 2 spiro atoms. The van der Waals surface area contributed by atoms with Gasteiger partial charge in [-0.15, -0.1) is 0 Å². The van der Waals surface area contributed by atoms with E-state index in [4.69, 9.17) is 10.5 Å². The zero-order valence-corrected chi connectivity index (χ0v) is 42.5. The van der Waals surface area contributed by atoms with Crippen molar-refractivity contribution in [2.45, 2.75) is 151 Å². The first-order chi connectivity index (χ1) is 35.4. The number of aryl methyl sites for hydroxylation is 1. The van der Waals surface area contributed by atoms with E-state index in [0.29, 0.717) is 85.4 Å². The van der Waals surface area contributed by atoms with Gasteiger partial charge in [-0.05, 0) is 180 Å². The number of allylic oxidation sites excluding steroid dienone is 2. The number of phenolic OH excluding ortho intramolecular Hbond substituents is 1. The molecule has 1 saturated heterocycles. The van der Waals surface area contributed by atoms with Gasteiger partial charge in [-0.2, -0.15) is 0 Å². The van der Waals surface area contributed by atoms with Gasteiger partial charge in [0.05, 0.1) is 31.2 Å². The van der Waals surface area contributed by atoms with Gasteiger partial charge in [0.2, 0.25) is 0 Å². The number of benzene rings is 3. The average molecular weight is 987 g/mol. The van der Waals surface area contributed by atoms with Gasteiger partial charge < -0.3 is 46.5 Å². The summed E-state index contributed by atoms with van der Waals surface area (Å²) in [7, 11) is 1.50. The summed E-state index contributed by atoms with van der Waals surface area (Å²) in [6.45, 7) is 3.66. The third-order valence-corrected chi connectivity index (χ3v) is 20.5. The minimum absolute atomic E-state index is 0.0414. The number of carbonyl (C=O) groups excluding carboxylic acids is 2. The zero-order valence-electron chi connectivity index (χ0n) is 42.5. The maximum Gasteiger partial charge on any atom is 0.160 e. The molecule has 2 aliphatic heterocycles. The van der Waals surface area contributed by atoms with Crippen LogP contribution in [-0.4, -0.2) is 81.5 Å². The van der Waals surface area contributed by atoms with Gasteiger partial charge in [0.25, 0.3) is 0 Å². The maximum absolute atomic E-state index is 14.9. The number of aliphatic hydroxyl groups is 3. The molecule has 12 rings (SSSR count). The van der Waals surface area contributed by atoms with Crippen molar-refractivity contribution in [2.24, 2.45) is 46.2 Å². The number of hydrogen-bond donors (Lipinski definition) is 8. The second-order valence-electron chi connectivity index (χ2n) is 23.7. The van der Waals surface area contributed by atoms with Crippen LogP contribution in [0.3, 0.4) is 0 Å². The lowest BCUT2D eigenvalue weighted by molar-refractivity contribution is -0.145. The molecular formula is C62H74N4O7. The number of ether oxygens (including phenoxy) is 1. The highest BCUT2D eigenvalue weighted by Crippen LogP contribution is 2.70. The van der Waals surface area contributed by atoms with E-state index >= 15 is 0 Å². The molecule has 5 fully saturated rings. The van der Waals surface area contributed by atoms with Crippen molar-refractivity contribution in [2.75, 3.05) is 20.2 Å². The van der Waals surface area contributed by atoms with Gasteiger partial charge in [0, 0.05) is 61.5 Å². The molecule has 4 saturated carbocycles. The summed E-state index contributed by atoms with van der Waals surface area (Å²) in [6.07, 6.45) is 11.1. The predicted molar refractivity (Wildman–Crippen MR) is 282 cm³/mol. The monoisotopic (exact) mass is 987 g/mol. The topological polar surface area (TPSA) is 190 Å². The van der Waals surface area contributed by atoms with Crippen LogP contribution in [0.5, 0.6) is 11.5 Å². The van der Waals surface area contributed by atoms with Gasteiger partial charge >= 0.3 is 0 Å². The number of H-pyrrole nitrogens is 1. The normalized spacial score (nSPS) is 33.5. The van der Waals surface area contributed by atoms with Gasteiger partial charge in [0.1, 0.15) is 11.2 Å². The largest absolute Gasteiger partial charge is 0.504 e. The molecule has 0 bridgehead atoms. The Morgan fingerprint density at radius 2 is 1.73 bits per heavy atom. The molecule has 6 aliphatic carbocycles. The number of methoxy groups -OCH3 is 1. The Morgan fingerprint density at radius 3 is 2.52 bits per heavy atom. The molecule has 8 aliphatic rings. The maximum atomic E-state index is 14.9. The van der Waals surface area contributed by atoms with E-state index in [1.165, 1.54) is 49.6 Å². The lowest BCUT2D eigenvalue weighted by Gasteiger charge is -2.65. The summed E-state index contributed by atoms with van der Waals surface area (Å²) in [5, 5.41) is 58.0. The van der Waals surface area contributed by atoms with Gasteiger partial charge in [-0.3, -0.25) is 9.59 Å². The van der Waals surface area contributed by atoms with Gasteiger partial charge in [0.15, 0.2) is 17.3 Å². The number of fused-ring (bicyclic) bond motifs is 6. The number of rotatable bonds is 10. The Morgan fingerprint density at radius 1 is 0.904 bits per heavy atom. The molecule has 11 heteroatoms. The minimum atomic E-state index is -1.29. The number of aromatic hydroxyl groups is 1. The lowest BCUT2D eigenvalue weighted by Crippen LogP contribution is -2.65. The van der Waals surface area contributed by atoms with Crippen molar-refractivity contribution >= 4 is 22.3 Å². The first-order valence-electron chi connectivity index (χ1n) is 27.7. The number of piperidine rings is 1. The predicted octanol–water partition coefficient (Wildman–Crippen LogP) is 8.67. The summed E-state index contributed by atoms with van der Waals surface area (Å²) < 4.78 is 5.58. The third-order valence-electron chi connectivity index (χ3n) is 20.5. The molecule has 4 aromatic rings. The van der Waals surface area contributed by atoms with Crippen LogP contribution in [0, 0.1) is 52.3 Å². The van der Waals surface area contributed by atoms with Crippen LogP contribution in [-0.2, 0) is 16.0 Å². The Balaban J connectivity index is 0.852. The van der Waals surface area contributed by atoms with E-state index in [9.17, 15) is 30.0 Å². The number of Topliss-reactive ketones (excluding diaryl/α,β-unsaturated/α-hetero) is 2. The Labute approximate surface area is 429 Å². The number of ketones is 2. The van der Waals surface area contributed by atoms with Crippen molar-refractivity contribution in [3.05, 3.63) is 118 Å². The van der Waals surface area contributed by atoms with Gasteiger partial charge in [-0.25, -0.2) is 0 Å². The van der Waals surface area contributed by atoms with Crippen LogP contribution < -0.4 is 21.1 Å². The SMILES string of the molecule is CCC1=C(C(CC(O)C(O)CC2C#CC3(CCC(C4CC5c6[nH]ccc6C6CC(=O)CC7NCC(C5C76)C45CCCC5)CC3O)C(=O)CCc3cc(OC)c(O)cc32)c2ccc3ccccc3c2)C=C(N)NC1. The highest BCUT2D eigenvalue weighted by Gasteiger charge is 2.65. The molecule has 11 nitrogen and oxygen atoms in total. The Hall–Kier alpha value is -5.38.